The second-order valence-corrected chi connectivity index (χ2v) is 9.09. The molecule has 0 aromatic heterocycles. The van der Waals surface area contributed by atoms with Crippen molar-refractivity contribution >= 4 is 24.5 Å². The minimum Gasteiger partial charge on any atom is -0.455 e. The summed E-state index contributed by atoms with van der Waals surface area (Å²) in [6.45, 7) is -2.85. The van der Waals surface area contributed by atoms with E-state index in [1.807, 2.05) is 0 Å². The number of ether oxygens (including phenoxy) is 1. The minimum absolute atomic E-state index is 0.0805. The van der Waals surface area contributed by atoms with Gasteiger partial charge in [-0.1, -0.05) is 48.6 Å². The molecule has 0 amide bonds. The van der Waals surface area contributed by atoms with Crippen molar-refractivity contribution in [2.24, 2.45) is 0 Å². The van der Waals surface area contributed by atoms with Crippen LogP contribution in [-0.4, -0.2) is 61.6 Å². The summed E-state index contributed by atoms with van der Waals surface area (Å²) in [6, 6.07) is 0. The molecule has 5 N–H and O–H groups in total. The molecule has 0 spiro atoms. The molecule has 0 aromatic carbocycles. The van der Waals surface area contributed by atoms with Crippen LogP contribution in [0.5, 0.6) is 0 Å². The fourth-order valence-electron chi connectivity index (χ4n) is 2.37. The third-order valence-electron chi connectivity index (χ3n) is 3.82. The van der Waals surface area contributed by atoms with Gasteiger partial charge in [0.15, 0.2) is 0 Å². The van der Waals surface area contributed by atoms with Crippen molar-refractivity contribution in [1.82, 2.24) is 0 Å². The first kappa shape index (κ1) is 25.6. The molecule has 10 heteroatoms. The average Bonchev–Trinajstić information content (AvgIpc) is 2.61. The minimum atomic E-state index is -4.12. The summed E-state index contributed by atoms with van der Waals surface area (Å²) in [5, 5.41) is 29.5. The van der Waals surface area contributed by atoms with Gasteiger partial charge in [-0.15, -0.1) is 0 Å². The molecule has 1 rings (SSSR count). The van der Waals surface area contributed by atoms with Crippen LogP contribution in [0.3, 0.4) is 0 Å². The molecule has 1 heterocycles. The maximum atomic E-state index is 11.3. The predicted molar refractivity (Wildman–Crippen MR) is 112 cm³/mol. The van der Waals surface area contributed by atoms with Crippen molar-refractivity contribution in [2.75, 3.05) is 6.61 Å². The normalized spacial score (nSPS) is 22.6. The Kier molecular flexibility index (Phi) is 10.9. The number of allylic oxidation sites excluding steroid dienone is 4. The van der Waals surface area contributed by atoms with Gasteiger partial charge in [-0.3, -0.25) is 0 Å². The van der Waals surface area contributed by atoms with Crippen LogP contribution in [0, 0.1) is 0 Å². The summed E-state index contributed by atoms with van der Waals surface area (Å²) in [6.07, 6.45) is 12.5. The highest BCUT2D eigenvalue weighted by atomic mass is 32.5. The Balaban J connectivity index is 2.84. The Bertz CT molecular complexity index is 720. The highest BCUT2D eigenvalue weighted by Gasteiger charge is 2.35. The molecule has 4 atom stereocenters. The van der Waals surface area contributed by atoms with Gasteiger partial charge in [-0.2, -0.15) is 0 Å². The topological polar surface area (TPSA) is 137 Å². The van der Waals surface area contributed by atoms with Gasteiger partial charge in [-0.25, -0.2) is 4.79 Å². The monoisotopic (exact) mass is 446 g/mol. The molecule has 8 nitrogen and oxygen atoms in total. The van der Waals surface area contributed by atoms with Gasteiger partial charge in [0.05, 0.1) is 12.7 Å². The van der Waals surface area contributed by atoms with Crippen LogP contribution in [0.15, 0.2) is 60.8 Å². The van der Waals surface area contributed by atoms with E-state index in [2.05, 4.69) is 11.8 Å². The van der Waals surface area contributed by atoms with E-state index in [1.54, 1.807) is 30.4 Å². The Morgan fingerprint density at radius 1 is 1.38 bits per heavy atom. The zero-order chi connectivity index (χ0) is 21.9. The van der Waals surface area contributed by atoms with Gasteiger partial charge in [0.1, 0.15) is 17.8 Å². The zero-order valence-electron chi connectivity index (χ0n) is 15.9. The highest BCUT2D eigenvalue weighted by molar-refractivity contribution is 8.06. The summed E-state index contributed by atoms with van der Waals surface area (Å²) < 4.78 is 10.1. The lowest BCUT2D eigenvalue weighted by Gasteiger charge is -2.32. The third-order valence-corrected chi connectivity index (χ3v) is 4.61. The molecule has 1 aliphatic heterocycles. The molecular formula is C19H27O8PS. The molecule has 0 saturated heterocycles. The lowest BCUT2D eigenvalue weighted by molar-refractivity contribution is -0.141. The number of carbonyl (C=O) groups excluding carboxylic acids is 1. The number of rotatable bonds is 11. The first-order valence-electron chi connectivity index (χ1n) is 8.85. The Hall–Kier alpha value is -1.42. The van der Waals surface area contributed by atoms with Crippen molar-refractivity contribution in [1.29, 1.82) is 0 Å². The Morgan fingerprint density at radius 3 is 2.69 bits per heavy atom. The van der Waals surface area contributed by atoms with Gasteiger partial charge < -0.3 is 34.4 Å². The number of aliphatic hydroxyl groups is 3. The third kappa shape index (κ3) is 11.4. The molecule has 0 aliphatic carbocycles. The summed E-state index contributed by atoms with van der Waals surface area (Å²) in [4.78, 5) is 30.3. The second-order valence-electron chi connectivity index (χ2n) is 6.47. The maximum absolute atomic E-state index is 11.3. The fraction of sp³-hybridized carbons (Fsp3) is 0.421. The van der Waals surface area contributed by atoms with E-state index in [0.29, 0.717) is 6.42 Å². The Morgan fingerprint density at radius 2 is 2.07 bits per heavy atom. The number of hydrogen-bond acceptors (Lipinski definition) is 7. The van der Waals surface area contributed by atoms with E-state index in [1.165, 1.54) is 37.3 Å². The van der Waals surface area contributed by atoms with Crippen molar-refractivity contribution in [3.63, 3.8) is 0 Å². The number of carbonyl (C=O) groups is 1. The Labute approximate surface area is 175 Å². The first-order chi connectivity index (χ1) is 13.5. The molecule has 29 heavy (non-hydrogen) atoms. The van der Waals surface area contributed by atoms with E-state index < -0.39 is 36.6 Å². The van der Waals surface area contributed by atoms with Crippen molar-refractivity contribution in [3.8, 4) is 0 Å². The van der Waals surface area contributed by atoms with Gasteiger partial charge in [0.25, 0.3) is 0 Å². The van der Waals surface area contributed by atoms with Crippen molar-refractivity contribution in [2.45, 2.75) is 43.7 Å². The molecule has 0 saturated carbocycles. The van der Waals surface area contributed by atoms with Crippen LogP contribution >= 0.6 is 6.72 Å². The average molecular weight is 446 g/mol. The highest BCUT2D eigenvalue weighted by Crippen LogP contribution is 2.42. The van der Waals surface area contributed by atoms with Crippen LogP contribution < -0.4 is 0 Å². The zero-order valence-corrected chi connectivity index (χ0v) is 17.7. The summed E-state index contributed by atoms with van der Waals surface area (Å²) in [7, 11) is 0. The lowest BCUT2D eigenvalue weighted by atomic mass is 9.93. The van der Waals surface area contributed by atoms with E-state index in [9.17, 15) is 24.8 Å². The van der Waals surface area contributed by atoms with E-state index in [0.717, 1.165) is 0 Å². The number of esters is 1. The number of cyclic esters (lactones) is 1. The molecule has 0 radical (unpaired) electrons. The molecule has 0 bridgehead atoms. The van der Waals surface area contributed by atoms with E-state index >= 15 is 0 Å². The summed E-state index contributed by atoms with van der Waals surface area (Å²) in [5.41, 5.74) is -1.74. The van der Waals surface area contributed by atoms with E-state index in [4.69, 9.17) is 14.4 Å². The molecular weight excluding hydrogens is 419 g/mol. The first-order valence-corrected chi connectivity index (χ1v) is 11.5. The van der Waals surface area contributed by atoms with Gasteiger partial charge >= 0.3 is 12.7 Å². The molecule has 0 aromatic rings. The largest absolute Gasteiger partial charge is 0.455 e. The molecule has 1 aliphatic rings. The fourth-order valence-corrected chi connectivity index (χ4v) is 3.32. The quantitative estimate of drug-likeness (QED) is 0.137. The van der Waals surface area contributed by atoms with Crippen molar-refractivity contribution < 1.29 is 39.2 Å². The number of aliphatic hydroxyl groups excluding tert-OH is 2. The standard InChI is InChI=1S/C19H27O8PS/c1-19(23,12-11-16-9-7-10-18(22)26-16)17(27-28(24,25)29)14-15(21)8-5-3-2-4-6-13-20/h2-8,10-12,15-17,20-21,23H,9,13-14H2,1H3,(H2,24,25,29)/b3-2-,6-4+,8-5-,12-11+/t15-,16?,17?,19+/m0/s1. The van der Waals surface area contributed by atoms with Gasteiger partial charge in [-0.05, 0) is 24.8 Å². The number of hydrogen-bond donors (Lipinski definition) is 5. The molecule has 0 fully saturated rings. The van der Waals surface area contributed by atoms with Crippen LogP contribution in [-0.2, 0) is 25.9 Å². The smallest absolute Gasteiger partial charge is 0.331 e. The lowest BCUT2D eigenvalue weighted by Crippen LogP contribution is -2.41. The predicted octanol–water partition coefficient (Wildman–Crippen LogP) is 1.17. The van der Waals surface area contributed by atoms with Crippen LogP contribution in [0.25, 0.3) is 0 Å². The SMILES string of the molecule is C[C@@](O)(/C=C/C1CC=CC(=O)O1)C(C[C@@H](O)\C=C/C=C\C=C\CO)OP(O)(O)=S. The van der Waals surface area contributed by atoms with Gasteiger partial charge in [0.2, 0.25) is 0 Å². The molecule has 162 valence electrons. The van der Waals surface area contributed by atoms with E-state index in [-0.39, 0.29) is 13.0 Å². The van der Waals surface area contributed by atoms with Crippen LogP contribution in [0.1, 0.15) is 19.8 Å². The van der Waals surface area contributed by atoms with Crippen LogP contribution in [0.4, 0.5) is 0 Å². The summed E-state index contributed by atoms with van der Waals surface area (Å²) in [5.74, 6) is -0.498. The molecule has 2 unspecified atom stereocenters. The maximum Gasteiger partial charge on any atom is 0.331 e. The van der Waals surface area contributed by atoms with Gasteiger partial charge in [0, 0.05) is 18.9 Å². The van der Waals surface area contributed by atoms with Crippen molar-refractivity contribution in [3.05, 3.63) is 60.8 Å². The second kappa shape index (κ2) is 12.3. The summed E-state index contributed by atoms with van der Waals surface area (Å²) >= 11 is 4.50. The van der Waals surface area contributed by atoms with Crippen LogP contribution in [0.2, 0.25) is 0 Å².